The summed E-state index contributed by atoms with van der Waals surface area (Å²) < 4.78 is 7.25. The molecule has 0 radical (unpaired) electrons. The molecule has 8 heteroatoms. The van der Waals surface area contributed by atoms with E-state index in [2.05, 4.69) is 4.99 Å². The molecule has 4 rings (SSSR count). The van der Waals surface area contributed by atoms with Gasteiger partial charge in [-0.1, -0.05) is 70.9 Å². The van der Waals surface area contributed by atoms with Crippen molar-refractivity contribution in [2.24, 2.45) is 4.99 Å². The molecule has 2 heterocycles. The van der Waals surface area contributed by atoms with Crippen molar-refractivity contribution in [3.63, 3.8) is 0 Å². The van der Waals surface area contributed by atoms with E-state index >= 15 is 0 Å². The summed E-state index contributed by atoms with van der Waals surface area (Å²) in [6.07, 6.45) is 1.74. The second-order valence-electron chi connectivity index (χ2n) is 6.85. The molecule has 1 atom stereocenters. The van der Waals surface area contributed by atoms with Crippen LogP contribution in [0, 0.1) is 0 Å². The fourth-order valence-electron chi connectivity index (χ4n) is 3.52. The minimum absolute atomic E-state index is 0.210. The highest BCUT2D eigenvalue weighted by atomic mass is 35.5. The van der Waals surface area contributed by atoms with E-state index in [1.807, 2.05) is 24.3 Å². The number of rotatable bonds is 4. The molecule has 0 N–H and O–H groups in total. The van der Waals surface area contributed by atoms with Crippen molar-refractivity contribution >= 4 is 46.6 Å². The molecule has 1 aliphatic heterocycles. The van der Waals surface area contributed by atoms with Crippen LogP contribution in [0.15, 0.2) is 69.6 Å². The van der Waals surface area contributed by atoms with Gasteiger partial charge in [0, 0.05) is 10.0 Å². The zero-order chi connectivity index (χ0) is 22.1. The van der Waals surface area contributed by atoms with E-state index in [-0.39, 0.29) is 12.2 Å². The molecule has 1 aliphatic rings. The Kier molecular flexibility index (Phi) is 6.14. The molecule has 1 aromatic heterocycles. The van der Waals surface area contributed by atoms with Crippen LogP contribution in [-0.4, -0.2) is 17.1 Å². The van der Waals surface area contributed by atoms with Crippen LogP contribution in [0.2, 0.25) is 10.0 Å². The number of benzene rings is 2. The first-order valence-electron chi connectivity index (χ1n) is 9.61. The van der Waals surface area contributed by atoms with E-state index in [1.165, 1.54) is 15.9 Å². The van der Waals surface area contributed by atoms with Crippen LogP contribution in [0.25, 0.3) is 6.08 Å². The highest BCUT2D eigenvalue weighted by Crippen LogP contribution is 2.34. The summed E-state index contributed by atoms with van der Waals surface area (Å²) in [6.45, 7) is 3.68. The van der Waals surface area contributed by atoms with Gasteiger partial charge in [-0.3, -0.25) is 9.36 Å². The molecule has 3 aromatic rings. The molecule has 0 fully saturated rings. The number of allylic oxidation sites excluding steroid dienone is 1. The van der Waals surface area contributed by atoms with Crippen molar-refractivity contribution in [3.05, 3.63) is 101 Å². The Morgan fingerprint density at radius 3 is 2.52 bits per heavy atom. The average Bonchev–Trinajstić information content (AvgIpc) is 3.04. The molecule has 0 saturated carbocycles. The highest BCUT2D eigenvalue weighted by Gasteiger charge is 2.34. The fourth-order valence-corrected chi connectivity index (χ4v) is 4.98. The minimum Gasteiger partial charge on any atom is -0.463 e. The van der Waals surface area contributed by atoms with Gasteiger partial charge in [0.05, 0.1) is 22.4 Å². The highest BCUT2D eigenvalue weighted by molar-refractivity contribution is 7.07. The number of nitrogens with zero attached hydrogens (tertiary/aromatic N) is 2. The molecule has 0 unspecified atom stereocenters. The Balaban J connectivity index is 2.00. The lowest BCUT2D eigenvalue weighted by Gasteiger charge is -2.25. The number of thiazole rings is 1. The van der Waals surface area contributed by atoms with Crippen molar-refractivity contribution in [3.8, 4) is 0 Å². The third-order valence-electron chi connectivity index (χ3n) is 4.91. The lowest BCUT2D eigenvalue weighted by Crippen LogP contribution is -2.40. The molecule has 0 bridgehead atoms. The number of hydrogen-bond acceptors (Lipinski definition) is 5. The molecular formula is C23H18Cl2N2O3S. The summed E-state index contributed by atoms with van der Waals surface area (Å²) in [5.74, 6) is -0.519. The van der Waals surface area contributed by atoms with Gasteiger partial charge in [0.2, 0.25) is 0 Å². The second kappa shape index (κ2) is 8.83. The number of esters is 1. The van der Waals surface area contributed by atoms with Gasteiger partial charge in [-0.05, 0) is 43.2 Å². The van der Waals surface area contributed by atoms with Crippen LogP contribution in [0.3, 0.4) is 0 Å². The van der Waals surface area contributed by atoms with Gasteiger partial charge < -0.3 is 4.74 Å². The molecule has 0 aliphatic carbocycles. The third-order valence-corrected chi connectivity index (χ3v) is 6.58. The lowest BCUT2D eigenvalue weighted by atomic mass is 9.96. The monoisotopic (exact) mass is 472 g/mol. The van der Waals surface area contributed by atoms with Gasteiger partial charge in [0.15, 0.2) is 4.80 Å². The first-order chi connectivity index (χ1) is 14.9. The third kappa shape index (κ3) is 3.99. The number of carbonyl (C=O) groups excluding carboxylic acids is 1. The van der Waals surface area contributed by atoms with E-state index in [1.54, 1.807) is 44.2 Å². The maximum absolute atomic E-state index is 13.5. The van der Waals surface area contributed by atoms with Crippen LogP contribution in [0.5, 0.6) is 0 Å². The average molecular weight is 473 g/mol. The Hall–Kier alpha value is -2.67. The van der Waals surface area contributed by atoms with Gasteiger partial charge in [-0.15, -0.1) is 0 Å². The molecule has 31 heavy (non-hydrogen) atoms. The summed E-state index contributed by atoms with van der Waals surface area (Å²) in [5, 5.41) is 0.990. The van der Waals surface area contributed by atoms with Gasteiger partial charge in [0.1, 0.15) is 6.04 Å². The number of aromatic nitrogens is 1. The Morgan fingerprint density at radius 2 is 1.84 bits per heavy atom. The van der Waals surface area contributed by atoms with Crippen LogP contribution in [0.4, 0.5) is 0 Å². The number of fused-ring (bicyclic) bond motifs is 1. The smallest absolute Gasteiger partial charge is 0.338 e. The number of carbonyl (C=O) groups is 1. The molecule has 0 spiro atoms. The summed E-state index contributed by atoms with van der Waals surface area (Å²) >= 11 is 14.0. The molecular weight excluding hydrogens is 455 g/mol. The molecule has 5 nitrogen and oxygen atoms in total. The number of halogens is 2. The molecule has 0 amide bonds. The van der Waals surface area contributed by atoms with Crippen molar-refractivity contribution in [2.75, 3.05) is 6.61 Å². The Labute approximate surface area is 192 Å². The molecule has 2 aromatic carbocycles. The predicted octanol–water partition coefficient (Wildman–Crippen LogP) is 4.11. The van der Waals surface area contributed by atoms with Gasteiger partial charge >= 0.3 is 5.97 Å². The van der Waals surface area contributed by atoms with Gasteiger partial charge in [-0.2, -0.15) is 0 Å². The Morgan fingerprint density at radius 1 is 1.16 bits per heavy atom. The summed E-state index contributed by atoms with van der Waals surface area (Å²) in [7, 11) is 0. The molecule has 158 valence electrons. The van der Waals surface area contributed by atoms with Crippen LogP contribution < -0.4 is 14.9 Å². The number of ether oxygens (including phenoxy) is 1. The normalized spacial score (nSPS) is 16.1. The lowest BCUT2D eigenvalue weighted by molar-refractivity contribution is -0.139. The zero-order valence-electron chi connectivity index (χ0n) is 16.8. The number of hydrogen-bond donors (Lipinski definition) is 0. The summed E-state index contributed by atoms with van der Waals surface area (Å²) in [6, 6.07) is 13.7. The van der Waals surface area contributed by atoms with Crippen molar-refractivity contribution in [2.45, 2.75) is 19.9 Å². The van der Waals surface area contributed by atoms with Crippen molar-refractivity contribution in [1.82, 2.24) is 4.57 Å². The van der Waals surface area contributed by atoms with E-state index in [0.29, 0.717) is 36.2 Å². The Bertz CT molecular complexity index is 1390. The quantitative estimate of drug-likeness (QED) is 0.536. The first-order valence-corrected chi connectivity index (χ1v) is 11.2. The van der Waals surface area contributed by atoms with Gasteiger partial charge in [0.25, 0.3) is 5.56 Å². The van der Waals surface area contributed by atoms with Crippen LogP contribution in [-0.2, 0) is 9.53 Å². The predicted molar refractivity (Wildman–Crippen MR) is 123 cm³/mol. The molecule has 0 saturated heterocycles. The summed E-state index contributed by atoms with van der Waals surface area (Å²) in [4.78, 5) is 31.4. The van der Waals surface area contributed by atoms with Crippen LogP contribution >= 0.6 is 34.5 Å². The minimum atomic E-state index is -0.739. The first kappa shape index (κ1) is 21.6. The van der Waals surface area contributed by atoms with E-state index in [9.17, 15) is 9.59 Å². The van der Waals surface area contributed by atoms with Crippen LogP contribution in [0.1, 0.15) is 31.0 Å². The van der Waals surface area contributed by atoms with Crippen molar-refractivity contribution < 1.29 is 9.53 Å². The maximum Gasteiger partial charge on any atom is 0.338 e. The fraction of sp³-hybridized carbons (Fsp3) is 0.174. The largest absolute Gasteiger partial charge is 0.463 e. The van der Waals surface area contributed by atoms with Crippen molar-refractivity contribution in [1.29, 1.82) is 0 Å². The van der Waals surface area contributed by atoms with E-state index in [0.717, 1.165) is 5.56 Å². The standard InChI is InChI=1S/C23H18Cl2N2O3S/c1-3-30-22(29)19-13(2)26-23-27(20(19)15-9-5-7-11-17(15)25)21(28)18(31-23)12-14-8-4-6-10-16(14)24/h4-12,20H,3H2,1-2H3/t20-/m0/s1. The topological polar surface area (TPSA) is 60.7 Å². The zero-order valence-corrected chi connectivity index (χ0v) is 19.1. The van der Waals surface area contributed by atoms with E-state index < -0.39 is 12.0 Å². The van der Waals surface area contributed by atoms with Gasteiger partial charge in [-0.25, -0.2) is 9.79 Å². The maximum atomic E-state index is 13.5. The van der Waals surface area contributed by atoms with E-state index in [4.69, 9.17) is 27.9 Å². The second-order valence-corrected chi connectivity index (χ2v) is 8.67. The SMILES string of the molecule is CCOC(=O)C1=C(C)N=c2sc(=Cc3ccccc3Cl)c(=O)n2[C@H]1c1ccccc1Cl. The summed E-state index contributed by atoms with van der Waals surface area (Å²) in [5.41, 5.74) is 1.88.